The number of aromatic nitrogens is 4. The van der Waals surface area contributed by atoms with Crippen molar-refractivity contribution < 1.29 is 47.7 Å². The summed E-state index contributed by atoms with van der Waals surface area (Å²) < 4.78 is 6.53. The van der Waals surface area contributed by atoms with Gasteiger partial charge in [-0.05, 0) is 118 Å². The number of rotatable bonds is 23. The van der Waals surface area contributed by atoms with E-state index in [1.165, 1.54) is 11.4 Å². The van der Waals surface area contributed by atoms with E-state index in [0.717, 1.165) is 109 Å². The standard InChI is InChI=1S/C31H37N7.C18H24BrN4.C13H13N3.2BrH/c1-4-38(5-2)31-14-12-28(13-15-31)33-34-29-18-24-37(25-19-29)21-9-20-36-22-16-27(17-23-36)26-32-35(3)30-10-7-6-8-11-30;1-3-23(4-2)18-8-6-16(7-9-18)20-21-17-10-14-22(15-11-17)13-5-12-19;1-16(13-5-3-2-4-6-13)15-11-12-7-9-14-10-8-12;;/h6-8,10-19,22-26H,4-5,9,20-21H2,1-3H3;6-11,14-15H,3-5,12-13H2,1-2H3;2-11H,1H3;2*1H/q+2;+1;;;/p-2/b;;15-11+;;. The number of hydrogen-bond donors (Lipinski definition) is 0. The fourth-order valence-corrected chi connectivity index (χ4v) is 8.01. The maximum Gasteiger partial charge on any atom is 0.171 e. The van der Waals surface area contributed by atoms with Crippen LogP contribution in [0.1, 0.15) is 51.7 Å². The lowest BCUT2D eigenvalue weighted by atomic mass is 10.2. The molecule has 0 aliphatic carbocycles. The van der Waals surface area contributed by atoms with Crippen LogP contribution in [0, 0.1) is 0 Å². The summed E-state index contributed by atoms with van der Waals surface area (Å²) in [5.74, 6) is 0. The van der Waals surface area contributed by atoms with Gasteiger partial charge in [0.05, 0.1) is 53.0 Å². The normalized spacial score (nSPS) is 10.8. The molecule has 0 saturated carbocycles. The third-order valence-corrected chi connectivity index (χ3v) is 12.9. The number of benzene rings is 4. The zero-order valence-electron chi connectivity index (χ0n) is 46.3. The summed E-state index contributed by atoms with van der Waals surface area (Å²) in [5, 5.41) is 31.0. The molecule has 0 saturated heterocycles. The summed E-state index contributed by atoms with van der Waals surface area (Å²) in [6.45, 7) is 15.6. The number of alkyl halides is 1. The highest BCUT2D eigenvalue weighted by atomic mass is 79.9. The molecule has 0 spiro atoms. The Balaban J connectivity index is 0.000000279. The van der Waals surface area contributed by atoms with Gasteiger partial charge in [-0.1, -0.05) is 52.3 Å². The van der Waals surface area contributed by atoms with Crippen molar-refractivity contribution in [2.45, 2.75) is 60.2 Å². The second kappa shape index (κ2) is 36.7. The zero-order chi connectivity index (χ0) is 54.3. The SMILES string of the molecule is CCN(CC)c1ccc(N=Nc2cc[n+](CCCBr)cc2)cc1.CCN(CC)c1ccc(N=Nc2cc[n+](CCC[n+]3ccc(/C=N\N(C)c4ccccc4)cc3)cc2)cc1.CN(/N=C/c1ccncc1)c1ccccc1.[Br-].[Br-]. The Bertz CT molecular complexity index is 2980. The van der Waals surface area contributed by atoms with Crippen LogP contribution < -0.4 is 67.5 Å². The Morgan fingerprint density at radius 1 is 0.405 bits per heavy atom. The molecule has 14 nitrogen and oxygen atoms in total. The smallest absolute Gasteiger partial charge is 0.171 e. The average molecular weight is 1260 g/mol. The van der Waals surface area contributed by atoms with Crippen LogP contribution in [0.3, 0.4) is 0 Å². The number of nitrogens with zero attached hydrogens (tertiary/aromatic N) is 14. The summed E-state index contributed by atoms with van der Waals surface area (Å²) >= 11 is 3.45. The predicted octanol–water partition coefficient (Wildman–Crippen LogP) is 7.66. The van der Waals surface area contributed by atoms with Crippen molar-refractivity contribution in [1.29, 1.82) is 0 Å². The molecule has 412 valence electrons. The van der Waals surface area contributed by atoms with E-state index in [4.69, 9.17) is 0 Å². The summed E-state index contributed by atoms with van der Waals surface area (Å²) in [6.07, 6.45) is 21.8. The van der Waals surface area contributed by atoms with Crippen LogP contribution >= 0.6 is 15.9 Å². The Morgan fingerprint density at radius 2 is 0.734 bits per heavy atom. The number of aryl methyl sites for hydroxylation is 3. The van der Waals surface area contributed by atoms with Gasteiger partial charge in [-0.25, -0.2) is 13.7 Å². The van der Waals surface area contributed by atoms with Gasteiger partial charge in [0.25, 0.3) is 0 Å². The number of hydrazone groups is 2. The van der Waals surface area contributed by atoms with E-state index in [0.29, 0.717) is 0 Å². The lowest BCUT2D eigenvalue weighted by molar-refractivity contribution is -0.726. The summed E-state index contributed by atoms with van der Waals surface area (Å²) in [7, 11) is 3.88. The molecule has 0 atom stereocenters. The topological polar surface area (TPSA) is 112 Å². The molecular formula is C62H74Br3N14+. The molecule has 0 fully saturated rings. The number of halogens is 3. The molecule has 8 aromatic rings. The predicted molar refractivity (Wildman–Crippen MR) is 320 cm³/mol. The first kappa shape index (κ1) is 64.2. The van der Waals surface area contributed by atoms with Crippen molar-refractivity contribution in [1.82, 2.24) is 4.98 Å². The van der Waals surface area contributed by atoms with Gasteiger partial charge in [-0.15, -0.1) is 0 Å². The molecule has 0 bridgehead atoms. The monoisotopic (exact) mass is 1250 g/mol. The lowest BCUT2D eigenvalue weighted by Crippen LogP contribution is -3.00. The molecule has 0 amide bonds. The highest BCUT2D eigenvalue weighted by Gasteiger charge is 2.07. The van der Waals surface area contributed by atoms with E-state index < -0.39 is 0 Å². The third kappa shape index (κ3) is 22.9. The van der Waals surface area contributed by atoms with E-state index in [2.05, 4.69) is 164 Å². The van der Waals surface area contributed by atoms with Gasteiger partial charge in [0.15, 0.2) is 50.3 Å². The minimum atomic E-state index is 0. The number of pyridine rings is 4. The van der Waals surface area contributed by atoms with Gasteiger partial charge in [0, 0.05) is 118 Å². The first-order chi connectivity index (χ1) is 37.8. The zero-order valence-corrected chi connectivity index (χ0v) is 51.0. The summed E-state index contributed by atoms with van der Waals surface area (Å²) in [6, 6.07) is 52.6. The van der Waals surface area contributed by atoms with Crippen molar-refractivity contribution in [3.05, 3.63) is 218 Å². The van der Waals surface area contributed by atoms with Crippen LogP contribution in [0.5, 0.6) is 0 Å². The van der Waals surface area contributed by atoms with Gasteiger partial charge >= 0.3 is 0 Å². The van der Waals surface area contributed by atoms with Gasteiger partial charge < -0.3 is 43.8 Å². The molecular weight excluding hydrogens is 1180 g/mol. The molecule has 0 aliphatic rings. The molecule has 0 N–H and O–H groups in total. The molecule has 4 heterocycles. The summed E-state index contributed by atoms with van der Waals surface area (Å²) in [4.78, 5) is 8.58. The van der Waals surface area contributed by atoms with Crippen LogP contribution in [0.25, 0.3) is 0 Å². The lowest BCUT2D eigenvalue weighted by Gasteiger charge is -2.20. The Morgan fingerprint density at radius 3 is 1.09 bits per heavy atom. The van der Waals surface area contributed by atoms with Crippen molar-refractivity contribution in [2.24, 2.45) is 30.7 Å². The highest BCUT2D eigenvalue weighted by Crippen LogP contribution is 2.23. The van der Waals surface area contributed by atoms with Crippen LogP contribution in [0.4, 0.5) is 45.5 Å². The van der Waals surface area contributed by atoms with E-state index in [-0.39, 0.29) is 34.0 Å². The Labute approximate surface area is 497 Å². The molecule has 79 heavy (non-hydrogen) atoms. The van der Waals surface area contributed by atoms with Gasteiger partial charge in [0.1, 0.15) is 6.54 Å². The second-order valence-electron chi connectivity index (χ2n) is 17.6. The van der Waals surface area contributed by atoms with E-state index in [9.17, 15) is 0 Å². The van der Waals surface area contributed by atoms with Crippen LogP contribution in [0.2, 0.25) is 0 Å². The van der Waals surface area contributed by atoms with E-state index in [1.807, 2.05) is 170 Å². The van der Waals surface area contributed by atoms with Crippen molar-refractivity contribution in [3.63, 3.8) is 0 Å². The molecule has 4 aromatic heterocycles. The highest BCUT2D eigenvalue weighted by molar-refractivity contribution is 9.09. The molecule has 17 heteroatoms. The maximum atomic E-state index is 4.53. The van der Waals surface area contributed by atoms with Gasteiger partial charge in [-0.2, -0.15) is 30.7 Å². The number of azo groups is 2. The number of anilines is 4. The maximum absolute atomic E-state index is 4.53. The van der Waals surface area contributed by atoms with E-state index in [1.54, 1.807) is 12.4 Å². The summed E-state index contributed by atoms with van der Waals surface area (Å²) in [5.41, 5.74) is 10.1. The minimum absolute atomic E-state index is 0. The van der Waals surface area contributed by atoms with E-state index >= 15 is 0 Å². The molecule has 0 unspecified atom stereocenters. The second-order valence-corrected chi connectivity index (χ2v) is 18.4. The largest absolute Gasteiger partial charge is 1.00 e. The van der Waals surface area contributed by atoms with Crippen molar-refractivity contribution in [3.8, 4) is 0 Å². The van der Waals surface area contributed by atoms with Crippen LogP contribution in [0.15, 0.2) is 238 Å². The molecule has 0 radical (unpaired) electrons. The van der Waals surface area contributed by atoms with Crippen LogP contribution in [-0.4, -0.2) is 63.0 Å². The van der Waals surface area contributed by atoms with Gasteiger partial charge in [0.2, 0.25) is 0 Å². The molecule has 8 rings (SSSR count). The van der Waals surface area contributed by atoms with Crippen LogP contribution in [-0.2, 0) is 19.6 Å². The molecule has 4 aromatic carbocycles. The van der Waals surface area contributed by atoms with Crippen molar-refractivity contribution in [2.75, 3.05) is 65.4 Å². The Kier molecular flexibility index (Phi) is 29.8. The fraction of sp³-hybridized carbons (Fsp3) is 0.258. The average Bonchev–Trinajstić information content (AvgIpc) is 3.50. The van der Waals surface area contributed by atoms with Crippen molar-refractivity contribution >= 4 is 73.9 Å². The first-order valence-electron chi connectivity index (χ1n) is 26.4. The third-order valence-electron chi connectivity index (χ3n) is 12.3. The fourth-order valence-electron chi connectivity index (χ4n) is 7.76. The number of hydrogen-bond acceptors (Lipinski definition) is 11. The Hall–Kier alpha value is -7.34. The minimum Gasteiger partial charge on any atom is -1.00 e. The molecule has 0 aliphatic heterocycles. The quantitative estimate of drug-likeness (QED) is 0.0215. The number of para-hydroxylation sites is 2. The first-order valence-corrected chi connectivity index (χ1v) is 27.5. The van der Waals surface area contributed by atoms with Gasteiger partial charge in [-0.3, -0.25) is 15.0 Å².